The molecule has 0 fully saturated rings. The molecule has 2 aromatic rings. The molecule has 0 saturated carbocycles. The summed E-state index contributed by atoms with van der Waals surface area (Å²) in [6, 6.07) is 12.5. The van der Waals surface area contributed by atoms with Crippen LogP contribution in [-0.4, -0.2) is 22.7 Å². The van der Waals surface area contributed by atoms with Gasteiger partial charge in [0.15, 0.2) is 0 Å². The van der Waals surface area contributed by atoms with Gasteiger partial charge in [0, 0.05) is 4.90 Å². The minimum atomic E-state index is -1.12. The summed E-state index contributed by atoms with van der Waals surface area (Å²) in [6.45, 7) is 0.182. The van der Waals surface area contributed by atoms with E-state index in [1.165, 1.54) is 23.9 Å². The number of nitrogens with one attached hydrogen (secondary N) is 1. The normalized spacial score (nSPS) is 10.2. The third kappa shape index (κ3) is 4.17. The lowest BCUT2D eigenvalue weighted by Gasteiger charge is -2.03. The second-order valence-corrected chi connectivity index (χ2v) is 5.00. The van der Waals surface area contributed by atoms with Crippen LogP contribution in [0.3, 0.4) is 0 Å². The van der Waals surface area contributed by atoms with Gasteiger partial charge in [-0.3, -0.25) is 4.79 Å². The largest absolute Gasteiger partial charge is 0.475 e. The van der Waals surface area contributed by atoms with E-state index < -0.39 is 5.97 Å². The highest BCUT2D eigenvalue weighted by Gasteiger charge is 2.09. The third-order valence-corrected chi connectivity index (χ3v) is 3.46. The second-order valence-electron chi connectivity index (χ2n) is 3.95. The lowest BCUT2D eigenvalue weighted by atomic mass is 10.4. The van der Waals surface area contributed by atoms with Gasteiger partial charge in [0.25, 0.3) is 0 Å². The van der Waals surface area contributed by atoms with Crippen LogP contribution in [-0.2, 0) is 11.3 Å². The van der Waals surface area contributed by atoms with Crippen LogP contribution in [0.1, 0.15) is 16.3 Å². The van der Waals surface area contributed by atoms with Crippen LogP contribution in [0.4, 0.5) is 0 Å². The van der Waals surface area contributed by atoms with Gasteiger partial charge in [-0.05, 0) is 24.3 Å². The van der Waals surface area contributed by atoms with E-state index in [-0.39, 0.29) is 18.2 Å². The average molecular weight is 291 g/mol. The van der Waals surface area contributed by atoms with E-state index in [9.17, 15) is 9.59 Å². The molecule has 2 N–H and O–H groups in total. The third-order valence-electron chi connectivity index (χ3n) is 2.45. The quantitative estimate of drug-likeness (QED) is 0.799. The number of aromatic carboxylic acids is 1. The average Bonchev–Trinajstić information content (AvgIpc) is 2.93. The number of thioether (sulfide) groups is 1. The summed E-state index contributed by atoms with van der Waals surface area (Å²) >= 11 is 1.44. The number of rotatable bonds is 6. The van der Waals surface area contributed by atoms with Gasteiger partial charge in [0.1, 0.15) is 5.76 Å². The van der Waals surface area contributed by atoms with Crippen molar-refractivity contribution in [2.75, 3.05) is 5.75 Å². The summed E-state index contributed by atoms with van der Waals surface area (Å²) in [5, 5.41) is 11.4. The molecule has 0 unspecified atom stereocenters. The fourth-order valence-electron chi connectivity index (χ4n) is 1.49. The topological polar surface area (TPSA) is 79.5 Å². The van der Waals surface area contributed by atoms with Gasteiger partial charge in [-0.2, -0.15) is 0 Å². The molecule has 0 saturated heterocycles. The Hall–Kier alpha value is -2.21. The molecule has 0 spiro atoms. The Balaban J connectivity index is 1.76. The summed E-state index contributed by atoms with van der Waals surface area (Å²) in [6.07, 6.45) is 0. The fourth-order valence-corrected chi connectivity index (χ4v) is 2.24. The Morgan fingerprint density at radius 1 is 1.15 bits per heavy atom. The van der Waals surface area contributed by atoms with Gasteiger partial charge in [0.05, 0.1) is 12.3 Å². The molecule has 0 bridgehead atoms. The maximum absolute atomic E-state index is 11.6. The molecule has 0 aliphatic carbocycles. The number of carboxylic acid groups (broad SMARTS) is 1. The number of benzene rings is 1. The van der Waals surface area contributed by atoms with Gasteiger partial charge < -0.3 is 14.8 Å². The van der Waals surface area contributed by atoms with Crippen LogP contribution < -0.4 is 5.32 Å². The van der Waals surface area contributed by atoms with E-state index in [2.05, 4.69) is 5.32 Å². The Morgan fingerprint density at radius 3 is 2.55 bits per heavy atom. The molecular weight excluding hydrogens is 278 g/mol. The molecular formula is C14H13NO4S. The van der Waals surface area contributed by atoms with E-state index in [0.29, 0.717) is 11.5 Å². The first-order valence-electron chi connectivity index (χ1n) is 5.91. The van der Waals surface area contributed by atoms with Crippen LogP contribution in [0.15, 0.2) is 51.8 Å². The van der Waals surface area contributed by atoms with E-state index >= 15 is 0 Å². The standard InChI is InChI=1S/C14H13NO4S/c16-13(9-20-11-4-2-1-3-5-11)15-8-10-6-7-12(19-10)14(17)18/h1-7H,8-9H2,(H,15,16)(H,17,18). The van der Waals surface area contributed by atoms with Crippen molar-refractivity contribution < 1.29 is 19.1 Å². The van der Waals surface area contributed by atoms with E-state index in [4.69, 9.17) is 9.52 Å². The molecule has 104 valence electrons. The van der Waals surface area contributed by atoms with Crippen molar-refractivity contribution in [1.29, 1.82) is 0 Å². The van der Waals surface area contributed by atoms with Crippen molar-refractivity contribution in [3.05, 3.63) is 54.0 Å². The molecule has 20 heavy (non-hydrogen) atoms. The fraction of sp³-hybridized carbons (Fsp3) is 0.143. The number of carbonyl (C=O) groups is 2. The summed E-state index contributed by atoms with van der Waals surface area (Å²) in [5.41, 5.74) is 0. The van der Waals surface area contributed by atoms with Crippen molar-refractivity contribution in [3.8, 4) is 0 Å². The first-order valence-corrected chi connectivity index (χ1v) is 6.90. The lowest BCUT2D eigenvalue weighted by molar-refractivity contribution is -0.118. The highest BCUT2D eigenvalue weighted by atomic mass is 32.2. The molecule has 1 amide bonds. The van der Waals surface area contributed by atoms with Gasteiger partial charge in [0.2, 0.25) is 11.7 Å². The Morgan fingerprint density at radius 2 is 1.90 bits per heavy atom. The van der Waals surface area contributed by atoms with Crippen LogP contribution in [0.5, 0.6) is 0 Å². The van der Waals surface area contributed by atoms with Crippen LogP contribution >= 0.6 is 11.8 Å². The number of amides is 1. The molecule has 1 aromatic carbocycles. The van der Waals surface area contributed by atoms with E-state index in [1.807, 2.05) is 30.3 Å². The maximum Gasteiger partial charge on any atom is 0.371 e. The number of carbonyl (C=O) groups excluding carboxylic acids is 1. The maximum atomic E-state index is 11.6. The van der Waals surface area contributed by atoms with Crippen molar-refractivity contribution in [2.24, 2.45) is 0 Å². The zero-order valence-electron chi connectivity index (χ0n) is 10.5. The molecule has 0 aliphatic rings. The minimum absolute atomic E-state index is 0.132. The molecule has 0 atom stereocenters. The molecule has 0 radical (unpaired) electrons. The highest BCUT2D eigenvalue weighted by Crippen LogP contribution is 2.16. The molecule has 5 nitrogen and oxygen atoms in total. The zero-order chi connectivity index (χ0) is 14.4. The molecule has 6 heteroatoms. The summed E-state index contributed by atoms with van der Waals surface area (Å²) < 4.78 is 5.04. The number of furan rings is 1. The molecule has 1 aromatic heterocycles. The van der Waals surface area contributed by atoms with E-state index in [1.54, 1.807) is 0 Å². The van der Waals surface area contributed by atoms with Crippen molar-refractivity contribution in [3.63, 3.8) is 0 Å². The summed E-state index contributed by atoms with van der Waals surface area (Å²) in [4.78, 5) is 23.3. The Bertz CT molecular complexity index is 594. The summed E-state index contributed by atoms with van der Waals surface area (Å²) in [7, 11) is 0. The zero-order valence-corrected chi connectivity index (χ0v) is 11.4. The first-order chi connectivity index (χ1) is 9.65. The Kier molecular flexibility index (Phi) is 4.84. The van der Waals surface area contributed by atoms with Gasteiger partial charge in [-0.25, -0.2) is 4.79 Å². The summed E-state index contributed by atoms with van der Waals surface area (Å²) in [5.74, 6) is -0.668. The highest BCUT2D eigenvalue weighted by molar-refractivity contribution is 8.00. The van der Waals surface area contributed by atoms with Crippen molar-refractivity contribution in [1.82, 2.24) is 5.32 Å². The minimum Gasteiger partial charge on any atom is -0.475 e. The van der Waals surface area contributed by atoms with Crippen molar-refractivity contribution in [2.45, 2.75) is 11.4 Å². The predicted octanol–water partition coefficient (Wildman–Crippen LogP) is 2.39. The number of carboxylic acids is 1. The smallest absolute Gasteiger partial charge is 0.371 e. The second kappa shape index (κ2) is 6.81. The molecule has 2 rings (SSSR count). The van der Waals surface area contributed by atoms with Gasteiger partial charge in [-0.1, -0.05) is 18.2 Å². The van der Waals surface area contributed by atoms with Crippen LogP contribution in [0.25, 0.3) is 0 Å². The van der Waals surface area contributed by atoms with E-state index in [0.717, 1.165) is 4.90 Å². The number of hydrogen-bond donors (Lipinski definition) is 2. The SMILES string of the molecule is O=C(CSc1ccccc1)NCc1ccc(C(=O)O)o1. The first kappa shape index (κ1) is 14.2. The van der Waals surface area contributed by atoms with Crippen molar-refractivity contribution >= 4 is 23.6 Å². The number of hydrogen-bond acceptors (Lipinski definition) is 4. The van der Waals surface area contributed by atoms with Crippen LogP contribution in [0.2, 0.25) is 0 Å². The molecule has 1 heterocycles. The lowest BCUT2D eigenvalue weighted by Crippen LogP contribution is -2.24. The predicted molar refractivity (Wildman–Crippen MR) is 74.7 cm³/mol. The monoisotopic (exact) mass is 291 g/mol. The Labute approximate surface area is 120 Å². The van der Waals surface area contributed by atoms with Gasteiger partial charge >= 0.3 is 5.97 Å². The van der Waals surface area contributed by atoms with Gasteiger partial charge in [-0.15, -0.1) is 11.8 Å². The molecule has 0 aliphatic heterocycles. The van der Waals surface area contributed by atoms with Crippen LogP contribution in [0, 0.1) is 0 Å².